The largest absolute Gasteiger partial charge is 0.413 e. The third kappa shape index (κ3) is 4.24. The van der Waals surface area contributed by atoms with Gasteiger partial charge in [-0.05, 0) is 53.9 Å². The molecule has 0 saturated heterocycles. The molecule has 0 heterocycles. The molecule has 1 rings (SSSR count). The molecule has 0 bridgehead atoms. The molecule has 1 aromatic rings. The minimum Gasteiger partial charge on any atom is -0.413 e. The van der Waals surface area contributed by atoms with Crippen LogP contribution < -0.4 is 0 Å². The van der Waals surface area contributed by atoms with Gasteiger partial charge >= 0.3 is 0 Å². The quantitative estimate of drug-likeness (QED) is 0.612. The van der Waals surface area contributed by atoms with Crippen LogP contribution in [-0.4, -0.2) is 8.32 Å². The number of halogens is 1. The van der Waals surface area contributed by atoms with E-state index in [1.165, 1.54) is 9.13 Å². The standard InChI is InChI=1S/C10H15IOSi/c1-13(2,3)12-8-9-6-4-5-7-10(9)11/h4-7H,8H2,1-3H3. The number of hydrogen-bond acceptors (Lipinski definition) is 1. The Bertz CT molecular complexity index is 280. The van der Waals surface area contributed by atoms with E-state index in [-0.39, 0.29) is 0 Å². The highest BCUT2D eigenvalue weighted by molar-refractivity contribution is 14.1. The molecular formula is C10H15IOSi. The highest BCUT2D eigenvalue weighted by Gasteiger charge is 2.14. The summed E-state index contributed by atoms with van der Waals surface area (Å²) >= 11 is 2.35. The molecule has 0 unspecified atom stereocenters. The molecule has 13 heavy (non-hydrogen) atoms. The van der Waals surface area contributed by atoms with Crippen molar-refractivity contribution in [2.24, 2.45) is 0 Å². The third-order valence-electron chi connectivity index (χ3n) is 1.62. The van der Waals surface area contributed by atoms with Gasteiger partial charge in [0, 0.05) is 3.57 Å². The van der Waals surface area contributed by atoms with Crippen molar-refractivity contribution in [1.82, 2.24) is 0 Å². The average Bonchev–Trinajstić information content (AvgIpc) is 2.01. The second kappa shape index (κ2) is 4.57. The fourth-order valence-corrected chi connectivity index (χ4v) is 2.04. The van der Waals surface area contributed by atoms with Gasteiger partial charge in [0.1, 0.15) is 0 Å². The highest BCUT2D eigenvalue weighted by atomic mass is 127. The van der Waals surface area contributed by atoms with Crippen molar-refractivity contribution in [3.05, 3.63) is 33.4 Å². The summed E-state index contributed by atoms with van der Waals surface area (Å²) in [7, 11) is -1.37. The zero-order valence-electron chi connectivity index (χ0n) is 8.30. The summed E-state index contributed by atoms with van der Waals surface area (Å²) in [6.45, 7) is 7.39. The molecule has 1 aromatic carbocycles. The predicted molar refractivity (Wildman–Crippen MR) is 67.3 cm³/mol. The maximum absolute atomic E-state index is 5.83. The first kappa shape index (κ1) is 11.2. The lowest BCUT2D eigenvalue weighted by Crippen LogP contribution is -2.25. The van der Waals surface area contributed by atoms with Gasteiger partial charge in [0.05, 0.1) is 6.61 Å². The van der Waals surface area contributed by atoms with E-state index in [0.717, 1.165) is 6.61 Å². The molecule has 72 valence electrons. The number of benzene rings is 1. The van der Waals surface area contributed by atoms with E-state index in [2.05, 4.69) is 66.5 Å². The normalized spacial score (nSPS) is 11.7. The van der Waals surface area contributed by atoms with Gasteiger partial charge < -0.3 is 4.43 Å². The van der Waals surface area contributed by atoms with Crippen molar-refractivity contribution in [2.45, 2.75) is 26.2 Å². The van der Waals surface area contributed by atoms with Crippen LogP contribution in [0.3, 0.4) is 0 Å². The molecular weight excluding hydrogens is 291 g/mol. The zero-order chi connectivity index (χ0) is 9.90. The van der Waals surface area contributed by atoms with Gasteiger partial charge in [0.25, 0.3) is 0 Å². The summed E-state index contributed by atoms with van der Waals surface area (Å²) in [5.74, 6) is 0. The topological polar surface area (TPSA) is 9.23 Å². The Morgan fingerprint density at radius 2 is 1.85 bits per heavy atom. The highest BCUT2D eigenvalue weighted by Crippen LogP contribution is 2.15. The van der Waals surface area contributed by atoms with Crippen LogP contribution in [0.5, 0.6) is 0 Å². The van der Waals surface area contributed by atoms with Crippen LogP contribution in [0.1, 0.15) is 5.56 Å². The molecule has 0 radical (unpaired) electrons. The van der Waals surface area contributed by atoms with Crippen LogP contribution >= 0.6 is 22.6 Å². The van der Waals surface area contributed by atoms with Gasteiger partial charge in [0.15, 0.2) is 8.32 Å². The van der Waals surface area contributed by atoms with Gasteiger partial charge in [-0.15, -0.1) is 0 Å². The summed E-state index contributed by atoms with van der Waals surface area (Å²) in [5, 5.41) is 0. The van der Waals surface area contributed by atoms with Crippen molar-refractivity contribution in [3.63, 3.8) is 0 Å². The van der Waals surface area contributed by atoms with Crippen molar-refractivity contribution in [3.8, 4) is 0 Å². The Kier molecular flexibility index (Phi) is 3.94. The van der Waals surface area contributed by atoms with Crippen LogP contribution in [0.25, 0.3) is 0 Å². The minimum atomic E-state index is -1.37. The van der Waals surface area contributed by atoms with Gasteiger partial charge in [-0.2, -0.15) is 0 Å². The van der Waals surface area contributed by atoms with E-state index in [4.69, 9.17) is 4.43 Å². The molecule has 0 N–H and O–H groups in total. The lowest BCUT2D eigenvalue weighted by Gasteiger charge is -2.17. The smallest absolute Gasteiger partial charge is 0.184 e. The van der Waals surface area contributed by atoms with Crippen molar-refractivity contribution in [2.75, 3.05) is 0 Å². The van der Waals surface area contributed by atoms with Gasteiger partial charge in [-0.3, -0.25) is 0 Å². The van der Waals surface area contributed by atoms with E-state index >= 15 is 0 Å². The van der Waals surface area contributed by atoms with E-state index in [1.807, 2.05) is 0 Å². The summed E-state index contributed by atoms with van der Waals surface area (Å²) in [6, 6.07) is 8.36. The van der Waals surface area contributed by atoms with Gasteiger partial charge in [-0.25, -0.2) is 0 Å². The summed E-state index contributed by atoms with van der Waals surface area (Å²) in [4.78, 5) is 0. The zero-order valence-corrected chi connectivity index (χ0v) is 11.5. The predicted octanol–water partition coefficient (Wildman–Crippen LogP) is 3.64. The number of hydrogen-bond donors (Lipinski definition) is 0. The molecule has 0 amide bonds. The molecule has 0 aliphatic rings. The maximum atomic E-state index is 5.83. The molecule has 0 spiro atoms. The first-order chi connectivity index (χ1) is 5.99. The Morgan fingerprint density at radius 3 is 2.38 bits per heavy atom. The SMILES string of the molecule is C[Si](C)(C)OCc1ccccc1I. The molecule has 0 aromatic heterocycles. The van der Waals surface area contributed by atoms with Crippen LogP contribution in [-0.2, 0) is 11.0 Å². The maximum Gasteiger partial charge on any atom is 0.184 e. The summed E-state index contributed by atoms with van der Waals surface area (Å²) in [6.07, 6.45) is 0. The Balaban J connectivity index is 2.60. The molecule has 3 heteroatoms. The Morgan fingerprint density at radius 1 is 1.23 bits per heavy atom. The van der Waals surface area contributed by atoms with Gasteiger partial charge in [-0.1, -0.05) is 18.2 Å². The van der Waals surface area contributed by atoms with E-state index < -0.39 is 8.32 Å². The summed E-state index contributed by atoms with van der Waals surface area (Å²) < 4.78 is 7.12. The van der Waals surface area contributed by atoms with Crippen molar-refractivity contribution < 1.29 is 4.43 Å². The van der Waals surface area contributed by atoms with E-state index in [0.29, 0.717) is 0 Å². The molecule has 1 nitrogen and oxygen atoms in total. The molecule has 0 atom stereocenters. The lowest BCUT2D eigenvalue weighted by atomic mass is 10.2. The Hall–Kier alpha value is 0.127. The fourth-order valence-electron chi connectivity index (χ4n) is 0.910. The van der Waals surface area contributed by atoms with E-state index in [9.17, 15) is 0 Å². The van der Waals surface area contributed by atoms with E-state index in [1.54, 1.807) is 0 Å². The summed E-state index contributed by atoms with van der Waals surface area (Å²) in [5.41, 5.74) is 1.30. The van der Waals surface area contributed by atoms with Crippen molar-refractivity contribution >= 4 is 30.9 Å². The van der Waals surface area contributed by atoms with Crippen LogP contribution in [0.4, 0.5) is 0 Å². The second-order valence-electron chi connectivity index (χ2n) is 3.99. The molecule has 0 fully saturated rings. The number of rotatable bonds is 3. The minimum absolute atomic E-state index is 0.759. The lowest BCUT2D eigenvalue weighted by molar-refractivity contribution is 0.298. The van der Waals surface area contributed by atoms with Gasteiger partial charge in [0.2, 0.25) is 0 Å². The third-order valence-corrected chi connectivity index (χ3v) is 3.68. The first-order valence-corrected chi connectivity index (χ1v) is 8.85. The van der Waals surface area contributed by atoms with Crippen LogP contribution in [0.2, 0.25) is 19.6 Å². The molecule has 0 aliphatic heterocycles. The second-order valence-corrected chi connectivity index (χ2v) is 9.67. The van der Waals surface area contributed by atoms with Crippen LogP contribution in [0, 0.1) is 3.57 Å². The van der Waals surface area contributed by atoms with Crippen LogP contribution in [0.15, 0.2) is 24.3 Å². The van der Waals surface area contributed by atoms with Crippen molar-refractivity contribution in [1.29, 1.82) is 0 Å². The monoisotopic (exact) mass is 306 g/mol. The fraction of sp³-hybridized carbons (Fsp3) is 0.400. The molecule has 0 saturated carbocycles. The molecule has 0 aliphatic carbocycles. The average molecular weight is 306 g/mol. The Labute approximate surface area is 94.8 Å². The first-order valence-electron chi connectivity index (χ1n) is 4.36.